The Hall–Kier alpha value is -1.66. The van der Waals surface area contributed by atoms with E-state index in [0.717, 1.165) is 5.56 Å². The van der Waals surface area contributed by atoms with Crippen LogP contribution in [0.25, 0.3) is 0 Å². The normalized spacial score (nSPS) is 12.2. The Bertz CT molecular complexity index is 367. The summed E-state index contributed by atoms with van der Waals surface area (Å²) in [4.78, 5) is 14.7. The van der Waals surface area contributed by atoms with Crippen molar-refractivity contribution in [3.8, 4) is 5.75 Å². The van der Waals surface area contributed by atoms with Crippen LogP contribution in [0.5, 0.6) is 5.75 Å². The molecule has 1 atom stereocenters. The first-order valence-corrected chi connectivity index (χ1v) is 4.28. The molecular formula is C9H12N2O4. The molecule has 1 unspecified atom stereocenters. The molecule has 2 N–H and O–H groups in total. The van der Waals surface area contributed by atoms with Gasteiger partial charge in [-0.2, -0.15) is 0 Å². The minimum Gasteiger partial charge on any atom is -0.490 e. The van der Waals surface area contributed by atoms with Crippen LogP contribution in [-0.2, 0) is 4.84 Å². The van der Waals surface area contributed by atoms with Gasteiger partial charge < -0.3 is 4.74 Å². The van der Waals surface area contributed by atoms with Crippen molar-refractivity contribution in [2.24, 2.45) is 5.90 Å². The van der Waals surface area contributed by atoms with E-state index < -0.39 is 4.92 Å². The molecule has 0 bridgehead atoms. The number of nitro benzene ring substituents is 1. The zero-order valence-electron chi connectivity index (χ0n) is 8.47. The first kappa shape index (κ1) is 11.4. The maximum atomic E-state index is 10.6. The van der Waals surface area contributed by atoms with Gasteiger partial charge in [-0.1, -0.05) is 0 Å². The number of hydrogen-bond donors (Lipinski definition) is 1. The van der Waals surface area contributed by atoms with E-state index in [-0.39, 0.29) is 17.5 Å². The summed E-state index contributed by atoms with van der Waals surface area (Å²) in [6, 6.07) is 4.48. The number of nitrogens with zero attached hydrogens (tertiary/aromatic N) is 1. The number of nitrogens with two attached hydrogens (primary N) is 1. The number of rotatable bonds is 4. The number of ether oxygens (including phenoxy) is 1. The zero-order chi connectivity index (χ0) is 11.4. The molecule has 1 aromatic rings. The lowest BCUT2D eigenvalue weighted by atomic mass is 10.1. The van der Waals surface area contributed by atoms with Crippen LogP contribution in [0.4, 0.5) is 5.69 Å². The van der Waals surface area contributed by atoms with Crippen LogP contribution in [0, 0.1) is 10.1 Å². The van der Waals surface area contributed by atoms with Gasteiger partial charge in [-0.25, -0.2) is 5.90 Å². The smallest absolute Gasteiger partial charge is 0.310 e. The Labute approximate surface area is 86.7 Å². The second-order valence-corrected chi connectivity index (χ2v) is 2.97. The Morgan fingerprint density at radius 2 is 2.20 bits per heavy atom. The molecule has 0 aliphatic rings. The van der Waals surface area contributed by atoms with Crippen LogP contribution < -0.4 is 10.6 Å². The van der Waals surface area contributed by atoms with Crippen molar-refractivity contribution >= 4 is 5.69 Å². The summed E-state index contributed by atoms with van der Waals surface area (Å²) < 4.78 is 4.90. The van der Waals surface area contributed by atoms with Crippen LogP contribution in [0.1, 0.15) is 18.6 Å². The Morgan fingerprint density at radius 3 is 2.67 bits per heavy atom. The average Bonchev–Trinajstić information content (AvgIpc) is 2.26. The molecule has 1 rings (SSSR count). The minimum atomic E-state index is -0.503. The maximum Gasteiger partial charge on any atom is 0.310 e. The molecule has 0 spiro atoms. The fourth-order valence-corrected chi connectivity index (χ4v) is 1.18. The summed E-state index contributed by atoms with van der Waals surface area (Å²) in [6.45, 7) is 1.74. The van der Waals surface area contributed by atoms with E-state index in [1.165, 1.54) is 19.2 Å². The van der Waals surface area contributed by atoms with E-state index in [0.29, 0.717) is 0 Å². The summed E-state index contributed by atoms with van der Waals surface area (Å²) in [5.41, 5.74) is 0.644. The highest BCUT2D eigenvalue weighted by Crippen LogP contribution is 2.30. The highest BCUT2D eigenvalue weighted by atomic mass is 16.6. The van der Waals surface area contributed by atoms with E-state index in [4.69, 9.17) is 10.6 Å². The molecule has 15 heavy (non-hydrogen) atoms. The van der Waals surface area contributed by atoms with Crippen LogP contribution >= 0.6 is 0 Å². The monoisotopic (exact) mass is 212 g/mol. The van der Waals surface area contributed by atoms with Crippen LogP contribution in [0.3, 0.4) is 0 Å². The fraction of sp³-hybridized carbons (Fsp3) is 0.333. The van der Waals surface area contributed by atoms with Gasteiger partial charge in [0.1, 0.15) is 6.10 Å². The van der Waals surface area contributed by atoms with E-state index in [1.54, 1.807) is 13.0 Å². The first-order valence-electron chi connectivity index (χ1n) is 4.28. The predicted molar refractivity (Wildman–Crippen MR) is 53.3 cm³/mol. The van der Waals surface area contributed by atoms with Gasteiger partial charge in [-0.3, -0.25) is 15.0 Å². The molecule has 0 aliphatic carbocycles. The van der Waals surface area contributed by atoms with Gasteiger partial charge in [0.2, 0.25) is 0 Å². The van der Waals surface area contributed by atoms with E-state index in [9.17, 15) is 10.1 Å². The Balaban J connectivity index is 3.13. The molecule has 82 valence electrons. The summed E-state index contributed by atoms with van der Waals surface area (Å²) >= 11 is 0. The second kappa shape index (κ2) is 4.72. The third kappa shape index (κ3) is 2.42. The molecule has 0 saturated carbocycles. The number of nitro groups is 1. The summed E-state index contributed by atoms with van der Waals surface area (Å²) in [5, 5.41) is 10.6. The largest absolute Gasteiger partial charge is 0.490 e. The minimum absolute atomic E-state index is 0.0783. The lowest BCUT2D eigenvalue weighted by Crippen LogP contribution is -2.06. The van der Waals surface area contributed by atoms with E-state index in [1.807, 2.05) is 0 Å². The topological polar surface area (TPSA) is 87.6 Å². The quantitative estimate of drug-likeness (QED) is 0.604. The summed E-state index contributed by atoms with van der Waals surface area (Å²) in [5.74, 6) is 5.21. The standard InChI is InChI=1S/C9H12N2O4/c1-6(15-10)7-3-4-8(11(12)13)9(5-7)14-2/h3-6H,10H2,1-2H3. The van der Waals surface area contributed by atoms with E-state index in [2.05, 4.69) is 4.84 Å². The summed E-state index contributed by atoms with van der Waals surface area (Å²) in [6.07, 6.45) is -0.334. The Kier molecular flexibility index (Phi) is 3.59. The second-order valence-electron chi connectivity index (χ2n) is 2.97. The number of hydrogen-bond acceptors (Lipinski definition) is 5. The maximum absolute atomic E-state index is 10.6. The SMILES string of the molecule is COc1cc(C(C)ON)ccc1[N+](=O)[O-]. The third-order valence-electron chi connectivity index (χ3n) is 2.07. The van der Waals surface area contributed by atoms with Crippen molar-refractivity contribution in [1.29, 1.82) is 0 Å². The lowest BCUT2D eigenvalue weighted by molar-refractivity contribution is -0.385. The molecule has 0 aliphatic heterocycles. The van der Waals surface area contributed by atoms with Crippen LogP contribution in [0.15, 0.2) is 18.2 Å². The fourth-order valence-electron chi connectivity index (χ4n) is 1.18. The number of methoxy groups -OCH3 is 1. The van der Waals surface area contributed by atoms with Gasteiger partial charge >= 0.3 is 5.69 Å². The first-order chi connectivity index (χ1) is 7.10. The Morgan fingerprint density at radius 1 is 1.53 bits per heavy atom. The molecule has 0 heterocycles. The zero-order valence-corrected chi connectivity index (χ0v) is 8.47. The molecule has 1 aromatic carbocycles. The van der Waals surface area contributed by atoms with Crippen molar-refractivity contribution in [1.82, 2.24) is 0 Å². The van der Waals surface area contributed by atoms with Gasteiger partial charge in [-0.05, 0) is 24.6 Å². The van der Waals surface area contributed by atoms with Gasteiger partial charge in [-0.15, -0.1) is 0 Å². The predicted octanol–water partition coefficient (Wildman–Crippen LogP) is 1.55. The highest BCUT2D eigenvalue weighted by Gasteiger charge is 2.16. The molecule has 6 heteroatoms. The molecule has 0 aromatic heterocycles. The summed E-state index contributed by atoms with van der Waals surface area (Å²) in [7, 11) is 1.38. The molecule has 0 amide bonds. The third-order valence-corrected chi connectivity index (χ3v) is 2.07. The van der Waals surface area contributed by atoms with Crippen LogP contribution in [-0.4, -0.2) is 12.0 Å². The van der Waals surface area contributed by atoms with Gasteiger partial charge in [0.05, 0.1) is 12.0 Å². The molecule has 0 saturated heterocycles. The number of benzene rings is 1. The van der Waals surface area contributed by atoms with Gasteiger partial charge in [0, 0.05) is 6.07 Å². The van der Waals surface area contributed by atoms with Crippen molar-refractivity contribution in [3.63, 3.8) is 0 Å². The average molecular weight is 212 g/mol. The molecule has 0 fully saturated rings. The van der Waals surface area contributed by atoms with Crippen molar-refractivity contribution in [2.75, 3.05) is 7.11 Å². The van der Waals surface area contributed by atoms with Gasteiger partial charge in [0.15, 0.2) is 5.75 Å². The van der Waals surface area contributed by atoms with Crippen molar-refractivity contribution < 1.29 is 14.5 Å². The highest BCUT2D eigenvalue weighted by molar-refractivity contribution is 5.48. The van der Waals surface area contributed by atoms with Gasteiger partial charge in [0.25, 0.3) is 0 Å². The van der Waals surface area contributed by atoms with Crippen molar-refractivity contribution in [2.45, 2.75) is 13.0 Å². The van der Waals surface area contributed by atoms with Crippen molar-refractivity contribution in [3.05, 3.63) is 33.9 Å². The van der Waals surface area contributed by atoms with Crippen LogP contribution in [0.2, 0.25) is 0 Å². The molecule has 0 radical (unpaired) electrons. The molecule has 6 nitrogen and oxygen atoms in total. The van der Waals surface area contributed by atoms with E-state index >= 15 is 0 Å². The molecular weight excluding hydrogens is 200 g/mol. The lowest BCUT2D eigenvalue weighted by Gasteiger charge is -2.10.